The maximum Gasteiger partial charge on any atom is 0.185 e. The molecule has 0 aromatic heterocycles. The standard InChI is InChI=1S/C10H15N3O2S/c1-14-6-7-15-9-4-2-8(3-5-9)12-10(16)13-11/h2-5H,6-7,11H2,1H3,(H2,12,13,16). The molecule has 6 heteroatoms. The molecule has 88 valence electrons. The molecule has 0 spiro atoms. The van der Waals surface area contributed by atoms with Crippen molar-refractivity contribution in [3.05, 3.63) is 24.3 Å². The number of hydrogen-bond donors (Lipinski definition) is 3. The van der Waals surface area contributed by atoms with Gasteiger partial charge in [-0.25, -0.2) is 5.84 Å². The van der Waals surface area contributed by atoms with Crippen LogP contribution in [0, 0.1) is 0 Å². The Balaban J connectivity index is 2.44. The summed E-state index contributed by atoms with van der Waals surface area (Å²) in [6.45, 7) is 1.10. The van der Waals surface area contributed by atoms with Gasteiger partial charge in [0.05, 0.1) is 6.61 Å². The molecule has 0 fully saturated rings. The highest BCUT2D eigenvalue weighted by atomic mass is 32.1. The van der Waals surface area contributed by atoms with Gasteiger partial charge in [0.15, 0.2) is 5.11 Å². The van der Waals surface area contributed by atoms with Gasteiger partial charge in [0.2, 0.25) is 0 Å². The summed E-state index contributed by atoms with van der Waals surface area (Å²) in [6, 6.07) is 7.39. The molecule has 0 aliphatic heterocycles. The summed E-state index contributed by atoms with van der Waals surface area (Å²) in [6.07, 6.45) is 0. The molecule has 4 N–H and O–H groups in total. The first-order valence-corrected chi connectivity index (χ1v) is 5.16. The molecule has 0 atom stereocenters. The zero-order valence-electron chi connectivity index (χ0n) is 9.03. The second kappa shape index (κ2) is 7.00. The van der Waals surface area contributed by atoms with E-state index in [1.807, 2.05) is 24.3 Å². The third-order valence-electron chi connectivity index (χ3n) is 1.80. The van der Waals surface area contributed by atoms with E-state index in [1.54, 1.807) is 7.11 Å². The summed E-state index contributed by atoms with van der Waals surface area (Å²) in [5.41, 5.74) is 3.19. The predicted octanol–water partition coefficient (Wildman–Crippen LogP) is 0.872. The highest BCUT2D eigenvalue weighted by Gasteiger charge is 1.96. The molecule has 1 aromatic carbocycles. The van der Waals surface area contributed by atoms with Gasteiger partial charge in [0.25, 0.3) is 0 Å². The van der Waals surface area contributed by atoms with Crippen molar-refractivity contribution in [2.24, 2.45) is 5.84 Å². The first kappa shape index (κ1) is 12.7. The largest absolute Gasteiger partial charge is 0.491 e. The highest BCUT2D eigenvalue weighted by molar-refractivity contribution is 7.80. The molecule has 0 saturated carbocycles. The monoisotopic (exact) mass is 241 g/mol. The molecule has 0 aliphatic carbocycles. The van der Waals surface area contributed by atoms with Gasteiger partial charge < -0.3 is 20.2 Å². The van der Waals surface area contributed by atoms with Gasteiger partial charge in [-0.3, -0.25) is 0 Å². The molecule has 0 radical (unpaired) electrons. The molecular weight excluding hydrogens is 226 g/mol. The van der Waals surface area contributed by atoms with E-state index in [4.69, 9.17) is 27.5 Å². The molecule has 5 nitrogen and oxygen atoms in total. The van der Waals surface area contributed by atoms with E-state index >= 15 is 0 Å². The lowest BCUT2D eigenvalue weighted by atomic mass is 10.3. The summed E-state index contributed by atoms with van der Waals surface area (Å²) < 4.78 is 10.3. The number of hydrogen-bond acceptors (Lipinski definition) is 4. The summed E-state index contributed by atoms with van der Waals surface area (Å²) >= 11 is 4.86. The Morgan fingerprint density at radius 1 is 1.31 bits per heavy atom. The number of thiocarbonyl (C=S) groups is 1. The Morgan fingerprint density at radius 2 is 2.00 bits per heavy atom. The zero-order valence-corrected chi connectivity index (χ0v) is 9.84. The van der Waals surface area contributed by atoms with Gasteiger partial charge in [-0.1, -0.05) is 0 Å². The first-order valence-electron chi connectivity index (χ1n) is 4.75. The fraction of sp³-hybridized carbons (Fsp3) is 0.300. The van der Waals surface area contributed by atoms with Crippen molar-refractivity contribution < 1.29 is 9.47 Å². The van der Waals surface area contributed by atoms with Crippen molar-refractivity contribution in [2.75, 3.05) is 25.6 Å². The van der Waals surface area contributed by atoms with Crippen LogP contribution in [0.25, 0.3) is 0 Å². The van der Waals surface area contributed by atoms with Gasteiger partial charge in [-0.2, -0.15) is 0 Å². The summed E-state index contributed by atoms with van der Waals surface area (Å²) in [4.78, 5) is 0. The summed E-state index contributed by atoms with van der Waals surface area (Å²) in [7, 11) is 1.64. The van der Waals surface area contributed by atoms with Crippen LogP contribution in [0.2, 0.25) is 0 Å². The number of benzene rings is 1. The van der Waals surface area contributed by atoms with Gasteiger partial charge in [-0.05, 0) is 36.5 Å². The molecular formula is C10H15N3O2S. The van der Waals surface area contributed by atoms with Gasteiger partial charge in [-0.15, -0.1) is 0 Å². The van der Waals surface area contributed by atoms with Gasteiger partial charge >= 0.3 is 0 Å². The molecule has 0 amide bonds. The minimum Gasteiger partial charge on any atom is -0.491 e. The Bertz CT molecular complexity index is 329. The molecule has 0 saturated heterocycles. The topological polar surface area (TPSA) is 68.5 Å². The van der Waals surface area contributed by atoms with Crippen molar-refractivity contribution in [3.63, 3.8) is 0 Å². The number of hydrazine groups is 1. The van der Waals surface area contributed by atoms with E-state index < -0.39 is 0 Å². The zero-order chi connectivity index (χ0) is 11.8. The normalized spacial score (nSPS) is 9.62. The number of methoxy groups -OCH3 is 1. The molecule has 0 heterocycles. The van der Waals surface area contributed by atoms with E-state index in [0.29, 0.717) is 18.3 Å². The van der Waals surface area contributed by atoms with Crippen molar-refractivity contribution in [3.8, 4) is 5.75 Å². The lowest BCUT2D eigenvalue weighted by molar-refractivity contribution is 0.146. The van der Waals surface area contributed by atoms with Gasteiger partial charge in [0.1, 0.15) is 12.4 Å². The van der Waals surface area contributed by atoms with Crippen LogP contribution in [0.15, 0.2) is 24.3 Å². The number of ether oxygens (including phenoxy) is 2. The van der Waals surface area contributed by atoms with Crippen LogP contribution in [0.5, 0.6) is 5.75 Å². The molecule has 1 rings (SSSR count). The molecule has 0 aliphatic rings. The van der Waals surface area contributed by atoms with E-state index in [-0.39, 0.29) is 0 Å². The predicted molar refractivity (Wildman–Crippen MR) is 67.4 cm³/mol. The lowest BCUT2D eigenvalue weighted by Crippen LogP contribution is -2.34. The molecule has 16 heavy (non-hydrogen) atoms. The summed E-state index contributed by atoms with van der Waals surface area (Å²) in [5.74, 6) is 5.92. The average molecular weight is 241 g/mol. The number of anilines is 1. The smallest absolute Gasteiger partial charge is 0.185 e. The average Bonchev–Trinajstić information content (AvgIpc) is 2.31. The molecule has 0 unspecified atom stereocenters. The van der Waals surface area contributed by atoms with E-state index in [1.165, 1.54) is 0 Å². The Hall–Kier alpha value is -1.37. The van der Waals surface area contributed by atoms with E-state index in [9.17, 15) is 0 Å². The third kappa shape index (κ3) is 4.43. The Labute approximate surface area is 99.9 Å². The van der Waals surface area contributed by atoms with Crippen molar-refractivity contribution in [1.82, 2.24) is 5.43 Å². The third-order valence-corrected chi connectivity index (χ3v) is 2.02. The maximum absolute atomic E-state index is 5.41. The second-order valence-electron chi connectivity index (χ2n) is 2.96. The molecule has 1 aromatic rings. The SMILES string of the molecule is COCCOc1ccc(NC(=S)NN)cc1. The minimum absolute atomic E-state index is 0.369. The number of nitrogens with one attached hydrogen (secondary N) is 2. The Kier molecular flexibility index (Phi) is 5.55. The quantitative estimate of drug-likeness (QED) is 0.308. The van der Waals surface area contributed by atoms with Gasteiger partial charge in [0, 0.05) is 12.8 Å². The van der Waals surface area contributed by atoms with E-state index in [0.717, 1.165) is 11.4 Å². The second-order valence-corrected chi connectivity index (χ2v) is 3.37. The van der Waals surface area contributed by atoms with Crippen LogP contribution in [-0.2, 0) is 4.74 Å². The van der Waals surface area contributed by atoms with Crippen LogP contribution in [0.4, 0.5) is 5.69 Å². The van der Waals surface area contributed by atoms with E-state index in [2.05, 4.69) is 10.7 Å². The highest BCUT2D eigenvalue weighted by Crippen LogP contribution is 2.15. The minimum atomic E-state index is 0.369. The van der Waals surface area contributed by atoms with Crippen LogP contribution in [-0.4, -0.2) is 25.4 Å². The van der Waals surface area contributed by atoms with Crippen molar-refractivity contribution in [1.29, 1.82) is 0 Å². The number of rotatable bonds is 5. The fourth-order valence-corrected chi connectivity index (χ4v) is 1.16. The van der Waals surface area contributed by atoms with Crippen LogP contribution in [0.1, 0.15) is 0 Å². The maximum atomic E-state index is 5.41. The molecule has 0 bridgehead atoms. The Morgan fingerprint density at radius 3 is 2.56 bits per heavy atom. The van der Waals surface area contributed by atoms with Crippen LogP contribution >= 0.6 is 12.2 Å². The lowest BCUT2D eigenvalue weighted by Gasteiger charge is -2.08. The summed E-state index contributed by atoms with van der Waals surface area (Å²) in [5, 5.41) is 3.27. The number of nitrogens with two attached hydrogens (primary N) is 1. The van der Waals surface area contributed by atoms with Crippen molar-refractivity contribution >= 4 is 23.0 Å². The van der Waals surface area contributed by atoms with Crippen LogP contribution < -0.4 is 21.3 Å². The fourth-order valence-electron chi connectivity index (χ4n) is 1.04. The first-order chi connectivity index (χ1) is 7.76. The van der Waals surface area contributed by atoms with Crippen molar-refractivity contribution in [2.45, 2.75) is 0 Å². The van der Waals surface area contributed by atoms with Crippen LogP contribution in [0.3, 0.4) is 0 Å².